The summed E-state index contributed by atoms with van der Waals surface area (Å²) in [5.41, 5.74) is 11.1. The summed E-state index contributed by atoms with van der Waals surface area (Å²) in [4.78, 5) is 11.2. The van der Waals surface area contributed by atoms with Gasteiger partial charge in [0, 0.05) is 74.6 Å². The van der Waals surface area contributed by atoms with Crippen molar-refractivity contribution < 1.29 is 4.74 Å². The molecule has 2 heterocycles. The van der Waals surface area contributed by atoms with Gasteiger partial charge in [-0.05, 0) is 48.2 Å². The number of allylic oxidation sites excluding steroid dienone is 1. The molecule has 1 saturated carbocycles. The summed E-state index contributed by atoms with van der Waals surface area (Å²) in [6.07, 6.45) is 13.8. The van der Waals surface area contributed by atoms with Crippen molar-refractivity contribution in [1.29, 1.82) is 0 Å². The highest BCUT2D eigenvalue weighted by molar-refractivity contribution is 6.10. The van der Waals surface area contributed by atoms with Gasteiger partial charge in [0.15, 0.2) is 0 Å². The van der Waals surface area contributed by atoms with E-state index in [9.17, 15) is 0 Å². The first-order valence-electron chi connectivity index (χ1n) is 10.4. The Kier molecular flexibility index (Phi) is 6.57. The zero-order valence-corrected chi connectivity index (χ0v) is 17.4. The third-order valence-electron chi connectivity index (χ3n) is 5.44. The Morgan fingerprint density at radius 3 is 2.77 bits per heavy atom. The van der Waals surface area contributed by atoms with Crippen LogP contribution in [-0.4, -0.2) is 48.4 Å². The van der Waals surface area contributed by atoms with Gasteiger partial charge in [0.2, 0.25) is 0 Å². The summed E-state index contributed by atoms with van der Waals surface area (Å²) in [7, 11) is 1.78. The molecule has 0 atom stereocenters. The summed E-state index contributed by atoms with van der Waals surface area (Å²) >= 11 is 0. The van der Waals surface area contributed by atoms with E-state index in [-0.39, 0.29) is 0 Å². The van der Waals surface area contributed by atoms with Crippen LogP contribution >= 0.6 is 0 Å². The lowest BCUT2D eigenvalue weighted by atomic mass is 10.0. The van der Waals surface area contributed by atoms with E-state index >= 15 is 0 Å². The molecule has 0 unspecified atom stereocenters. The number of nitrogens with two attached hydrogens (primary N) is 1. The van der Waals surface area contributed by atoms with Crippen LogP contribution in [-0.2, 0) is 11.3 Å². The molecule has 1 aromatic heterocycles. The van der Waals surface area contributed by atoms with Crippen molar-refractivity contribution in [3.05, 3.63) is 71.8 Å². The Hall–Kier alpha value is -2.96. The minimum atomic E-state index is 0.392. The summed E-state index contributed by atoms with van der Waals surface area (Å²) in [6.45, 7) is 2.99. The zero-order valence-electron chi connectivity index (χ0n) is 17.4. The molecule has 2 fully saturated rings. The Morgan fingerprint density at radius 1 is 1.27 bits per heavy atom. The van der Waals surface area contributed by atoms with Gasteiger partial charge in [0.1, 0.15) is 0 Å². The average molecular weight is 404 g/mol. The molecule has 0 spiro atoms. The van der Waals surface area contributed by atoms with Crippen LogP contribution < -0.4 is 11.1 Å². The summed E-state index contributed by atoms with van der Waals surface area (Å²) in [5.74, 6) is 0. The first-order valence-corrected chi connectivity index (χ1v) is 10.4. The third-order valence-corrected chi connectivity index (χ3v) is 5.44. The number of pyridine rings is 1. The molecule has 156 valence electrons. The Bertz CT molecular complexity index is 925. The van der Waals surface area contributed by atoms with Crippen LogP contribution in [0.5, 0.6) is 0 Å². The molecule has 0 radical (unpaired) electrons. The lowest BCUT2D eigenvalue weighted by molar-refractivity contribution is -0.0333. The molecule has 1 saturated heterocycles. The van der Waals surface area contributed by atoms with Crippen molar-refractivity contribution >= 4 is 23.6 Å². The van der Waals surface area contributed by atoms with Gasteiger partial charge in [0.25, 0.3) is 0 Å². The van der Waals surface area contributed by atoms with Crippen LogP contribution in [0.3, 0.4) is 0 Å². The summed E-state index contributed by atoms with van der Waals surface area (Å²) in [5, 5.41) is 3.34. The van der Waals surface area contributed by atoms with Gasteiger partial charge >= 0.3 is 0 Å². The fraction of sp³-hybridized carbons (Fsp3) is 0.333. The minimum absolute atomic E-state index is 0.392. The van der Waals surface area contributed by atoms with Crippen molar-refractivity contribution in [3.8, 4) is 0 Å². The SMILES string of the molecule is COC1CN(Cc2ccc(N/C=C/c3cnccc3C(C=NC3CC3)=CN)cc2)C1. The number of aromatic nitrogens is 1. The van der Waals surface area contributed by atoms with Crippen LogP contribution in [0.1, 0.15) is 29.5 Å². The van der Waals surface area contributed by atoms with Gasteiger partial charge in [-0.15, -0.1) is 0 Å². The van der Waals surface area contributed by atoms with Crippen molar-refractivity contribution in [2.75, 3.05) is 25.5 Å². The molecular formula is C24H29N5O. The maximum Gasteiger partial charge on any atom is 0.0825 e. The topological polar surface area (TPSA) is 75.8 Å². The van der Waals surface area contributed by atoms with E-state index < -0.39 is 0 Å². The molecule has 0 amide bonds. The highest BCUT2D eigenvalue weighted by atomic mass is 16.5. The molecule has 1 aliphatic heterocycles. The van der Waals surface area contributed by atoms with E-state index in [1.165, 1.54) is 18.4 Å². The number of ether oxygens (including phenoxy) is 1. The fourth-order valence-corrected chi connectivity index (χ4v) is 3.41. The van der Waals surface area contributed by atoms with Crippen LogP contribution in [0.4, 0.5) is 5.69 Å². The van der Waals surface area contributed by atoms with Crippen molar-refractivity contribution in [3.63, 3.8) is 0 Å². The lowest BCUT2D eigenvalue weighted by Crippen LogP contribution is -2.50. The summed E-state index contributed by atoms with van der Waals surface area (Å²) < 4.78 is 5.33. The fourth-order valence-electron chi connectivity index (χ4n) is 3.41. The van der Waals surface area contributed by atoms with Gasteiger partial charge in [0.05, 0.1) is 12.1 Å². The van der Waals surface area contributed by atoms with Crippen LogP contribution in [0, 0.1) is 0 Å². The molecule has 6 heteroatoms. The number of hydrogen-bond donors (Lipinski definition) is 2. The van der Waals surface area contributed by atoms with Crippen LogP contribution in [0.25, 0.3) is 11.6 Å². The van der Waals surface area contributed by atoms with Gasteiger partial charge in [-0.2, -0.15) is 0 Å². The molecular weight excluding hydrogens is 374 g/mol. The quantitative estimate of drug-likeness (QED) is 0.627. The number of likely N-dealkylation sites (tertiary alicyclic amines) is 1. The Morgan fingerprint density at radius 2 is 2.07 bits per heavy atom. The van der Waals surface area contributed by atoms with Gasteiger partial charge in [-0.25, -0.2) is 0 Å². The normalized spacial score (nSPS) is 18.2. The summed E-state index contributed by atoms with van der Waals surface area (Å²) in [6, 6.07) is 11.0. The van der Waals surface area contributed by atoms with E-state index in [1.54, 1.807) is 19.5 Å². The number of aliphatic imine (C=N–C) groups is 1. The number of hydrogen-bond acceptors (Lipinski definition) is 6. The molecule has 2 aromatic rings. The molecule has 3 N–H and O–H groups in total. The molecule has 0 bridgehead atoms. The molecule has 6 nitrogen and oxygen atoms in total. The van der Waals surface area contributed by atoms with Crippen molar-refractivity contribution in [1.82, 2.24) is 9.88 Å². The monoisotopic (exact) mass is 403 g/mol. The first-order chi connectivity index (χ1) is 14.7. The third kappa shape index (κ3) is 5.34. The highest BCUT2D eigenvalue weighted by Gasteiger charge is 2.25. The van der Waals surface area contributed by atoms with Crippen molar-refractivity contribution in [2.24, 2.45) is 10.7 Å². The molecule has 1 aliphatic carbocycles. The smallest absolute Gasteiger partial charge is 0.0825 e. The van der Waals surface area contributed by atoms with Crippen LogP contribution in [0.15, 0.2) is 60.1 Å². The average Bonchev–Trinajstić information content (AvgIpc) is 3.57. The number of anilines is 1. The number of nitrogens with one attached hydrogen (secondary N) is 1. The number of benzene rings is 1. The second-order valence-corrected chi connectivity index (χ2v) is 7.82. The maximum atomic E-state index is 5.85. The van der Waals surface area contributed by atoms with Gasteiger partial charge in [-0.1, -0.05) is 12.1 Å². The second kappa shape index (κ2) is 9.69. The zero-order chi connectivity index (χ0) is 20.8. The standard InChI is InChI=1S/C24H29N5O/c1-30-23-16-29(17-23)15-18-2-4-21(5-3-18)27-11-8-19-13-26-10-9-24(19)20(12-25)14-28-22-6-7-22/h2-5,8-14,22-23,27H,6-7,15-17,25H2,1H3/b11-8+,20-12?,28-14?. The largest absolute Gasteiger partial charge is 0.404 e. The van der Waals surface area contributed by atoms with E-state index in [2.05, 4.69) is 44.5 Å². The number of rotatable bonds is 9. The molecule has 4 rings (SSSR count). The maximum absolute atomic E-state index is 5.85. The van der Waals surface area contributed by atoms with E-state index in [1.807, 2.05) is 30.8 Å². The lowest BCUT2D eigenvalue weighted by Gasteiger charge is -2.38. The number of methoxy groups -OCH3 is 1. The Balaban J connectivity index is 1.35. The van der Waals surface area contributed by atoms with E-state index in [0.717, 1.165) is 42.0 Å². The highest BCUT2D eigenvalue weighted by Crippen LogP contribution is 2.25. The van der Waals surface area contributed by atoms with Gasteiger partial charge in [-0.3, -0.25) is 14.9 Å². The van der Waals surface area contributed by atoms with Crippen LogP contribution in [0.2, 0.25) is 0 Å². The van der Waals surface area contributed by atoms with E-state index in [0.29, 0.717) is 12.1 Å². The Labute approximate surface area is 178 Å². The number of nitrogens with zero attached hydrogens (tertiary/aromatic N) is 3. The molecule has 1 aromatic carbocycles. The predicted molar refractivity (Wildman–Crippen MR) is 123 cm³/mol. The molecule has 2 aliphatic rings. The van der Waals surface area contributed by atoms with Gasteiger partial charge < -0.3 is 15.8 Å². The minimum Gasteiger partial charge on any atom is -0.404 e. The predicted octanol–water partition coefficient (Wildman–Crippen LogP) is 3.53. The van der Waals surface area contributed by atoms with E-state index in [4.69, 9.17) is 10.5 Å². The van der Waals surface area contributed by atoms with Crippen molar-refractivity contribution in [2.45, 2.75) is 31.5 Å². The molecule has 30 heavy (non-hydrogen) atoms. The second-order valence-electron chi connectivity index (χ2n) is 7.82. The first kappa shape index (κ1) is 20.3.